The summed E-state index contributed by atoms with van der Waals surface area (Å²) in [6.45, 7) is 8.35. The van der Waals surface area contributed by atoms with Crippen molar-refractivity contribution in [1.29, 1.82) is 0 Å². The Morgan fingerprint density at radius 1 is 1.29 bits per heavy atom. The molecule has 1 heterocycles. The Morgan fingerprint density at radius 2 is 1.96 bits per heavy atom. The van der Waals surface area contributed by atoms with Crippen molar-refractivity contribution in [3.63, 3.8) is 0 Å². The first kappa shape index (κ1) is 20.3. The van der Waals surface area contributed by atoms with Crippen LogP contribution in [0.25, 0.3) is 0 Å². The van der Waals surface area contributed by atoms with Gasteiger partial charge < -0.3 is 14.8 Å². The first-order valence-corrected chi connectivity index (χ1v) is 8.48. The van der Waals surface area contributed by atoms with Gasteiger partial charge in [-0.3, -0.25) is 14.5 Å². The van der Waals surface area contributed by atoms with Crippen molar-refractivity contribution < 1.29 is 23.9 Å². The second-order valence-electron chi connectivity index (χ2n) is 7.30. The first-order chi connectivity index (χ1) is 11.1. The predicted molar refractivity (Wildman–Crippen MR) is 89.4 cm³/mol. The van der Waals surface area contributed by atoms with E-state index in [1.54, 1.807) is 20.8 Å². The molecule has 1 rings (SSSR count). The maximum atomic E-state index is 12.3. The molecule has 0 spiro atoms. The van der Waals surface area contributed by atoms with Crippen molar-refractivity contribution in [1.82, 2.24) is 10.2 Å². The third-order valence-corrected chi connectivity index (χ3v) is 3.86. The van der Waals surface area contributed by atoms with Gasteiger partial charge in [0.2, 0.25) is 5.91 Å². The summed E-state index contributed by atoms with van der Waals surface area (Å²) in [6.07, 6.45) is 2.00. The molecule has 138 valence electrons. The molecule has 1 aliphatic heterocycles. The normalized spacial score (nSPS) is 18.9. The van der Waals surface area contributed by atoms with Gasteiger partial charge in [-0.15, -0.1) is 0 Å². The van der Waals surface area contributed by atoms with Gasteiger partial charge in [0.15, 0.2) is 0 Å². The van der Waals surface area contributed by atoms with Crippen LogP contribution in [0.3, 0.4) is 0 Å². The van der Waals surface area contributed by atoms with Gasteiger partial charge in [0, 0.05) is 19.5 Å². The number of hydrogen-bond donors (Lipinski definition) is 1. The van der Waals surface area contributed by atoms with Crippen molar-refractivity contribution in [3.05, 3.63) is 0 Å². The fourth-order valence-electron chi connectivity index (χ4n) is 2.61. The fourth-order valence-corrected chi connectivity index (χ4v) is 2.61. The largest absolute Gasteiger partial charge is 0.469 e. The highest BCUT2D eigenvalue weighted by molar-refractivity contribution is 5.86. The third-order valence-electron chi connectivity index (χ3n) is 3.86. The Morgan fingerprint density at radius 3 is 2.54 bits per heavy atom. The van der Waals surface area contributed by atoms with Crippen LogP contribution >= 0.6 is 0 Å². The van der Waals surface area contributed by atoms with Crippen LogP contribution in [-0.4, -0.2) is 54.7 Å². The minimum absolute atomic E-state index is 0.128. The summed E-state index contributed by atoms with van der Waals surface area (Å²) in [7, 11) is 1.36. The number of hydrogen-bond acceptors (Lipinski definition) is 5. The monoisotopic (exact) mass is 342 g/mol. The quantitative estimate of drug-likeness (QED) is 0.747. The fraction of sp³-hybridized carbons (Fsp3) is 0.824. The molecule has 7 heteroatoms. The van der Waals surface area contributed by atoms with E-state index in [2.05, 4.69) is 10.1 Å². The van der Waals surface area contributed by atoms with Crippen LogP contribution in [-0.2, 0) is 19.1 Å². The number of rotatable bonds is 6. The average Bonchev–Trinajstić information content (AvgIpc) is 2.94. The van der Waals surface area contributed by atoms with Gasteiger partial charge in [-0.2, -0.15) is 0 Å². The SMILES string of the molecule is COC(=O)CC(C)CCNC(=O)C1CCCN1C(=O)OC(C)(C)C. The van der Waals surface area contributed by atoms with Gasteiger partial charge in [-0.25, -0.2) is 4.79 Å². The molecule has 24 heavy (non-hydrogen) atoms. The number of esters is 1. The van der Waals surface area contributed by atoms with Crippen LogP contribution in [0, 0.1) is 5.92 Å². The van der Waals surface area contributed by atoms with E-state index in [4.69, 9.17) is 4.74 Å². The van der Waals surface area contributed by atoms with Crippen LogP contribution in [0.1, 0.15) is 53.4 Å². The number of likely N-dealkylation sites (tertiary alicyclic amines) is 1. The van der Waals surface area contributed by atoms with E-state index in [0.29, 0.717) is 32.4 Å². The molecule has 1 fully saturated rings. The lowest BCUT2D eigenvalue weighted by atomic mass is 10.0. The zero-order chi connectivity index (χ0) is 18.3. The lowest BCUT2D eigenvalue weighted by Crippen LogP contribution is -2.47. The number of carbonyl (C=O) groups is 3. The first-order valence-electron chi connectivity index (χ1n) is 8.48. The Balaban J connectivity index is 2.43. The topological polar surface area (TPSA) is 84.9 Å². The molecule has 1 aliphatic rings. The van der Waals surface area contributed by atoms with Crippen molar-refractivity contribution in [3.8, 4) is 0 Å². The molecule has 7 nitrogen and oxygen atoms in total. The number of methoxy groups -OCH3 is 1. The minimum atomic E-state index is -0.579. The average molecular weight is 342 g/mol. The highest BCUT2D eigenvalue weighted by atomic mass is 16.6. The molecule has 2 amide bonds. The summed E-state index contributed by atoms with van der Waals surface area (Å²) in [5.41, 5.74) is -0.579. The zero-order valence-electron chi connectivity index (χ0n) is 15.4. The highest BCUT2D eigenvalue weighted by Gasteiger charge is 2.36. The van der Waals surface area contributed by atoms with Crippen molar-refractivity contribution >= 4 is 18.0 Å². The van der Waals surface area contributed by atoms with Crippen molar-refractivity contribution in [2.45, 2.75) is 65.0 Å². The maximum absolute atomic E-state index is 12.3. The van der Waals surface area contributed by atoms with Gasteiger partial charge in [-0.1, -0.05) is 6.92 Å². The lowest BCUT2D eigenvalue weighted by Gasteiger charge is -2.28. The molecule has 1 saturated heterocycles. The maximum Gasteiger partial charge on any atom is 0.410 e. The van der Waals surface area contributed by atoms with Gasteiger partial charge in [0.1, 0.15) is 11.6 Å². The smallest absolute Gasteiger partial charge is 0.410 e. The number of amides is 2. The number of carbonyl (C=O) groups excluding carboxylic acids is 3. The van der Waals surface area contributed by atoms with Crippen LogP contribution in [0.4, 0.5) is 4.79 Å². The Labute approximate surface area is 144 Å². The van der Waals surface area contributed by atoms with Gasteiger partial charge in [0.25, 0.3) is 0 Å². The summed E-state index contributed by atoms with van der Waals surface area (Å²) in [4.78, 5) is 37.2. The van der Waals surface area contributed by atoms with Crippen LogP contribution in [0.5, 0.6) is 0 Å². The lowest BCUT2D eigenvalue weighted by molar-refractivity contribution is -0.141. The second kappa shape index (κ2) is 8.89. The van der Waals surface area contributed by atoms with Crippen LogP contribution in [0.15, 0.2) is 0 Å². The number of nitrogens with one attached hydrogen (secondary N) is 1. The van der Waals surface area contributed by atoms with Crippen LogP contribution in [0.2, 0.25) is 0 Å². The standard InChI is InChI=1S/C17H30N2O5/c1-12(11-14(20)23-5)8-9-18-15(21)13-7-6-10-19(13)16(22)24-17(2,3)4/h12-13H,6-11H2,1-5H3,(H,18,21). The van der Waals surface area contributed by atoms with Crippen molar-refractivity contribution in [2.75, 3.05) is 20.2 Å². The van der Waals surface area contributed by atoms with E-state index in [9.17, 15) is 14.4 Å². The highest BCUT2D eigenvalue weighted by Crippen LogP contribution is 2.21. The molecule has 2 atom stereocenters. The molecule has 0 aromatic rings. The third kappa shape index (κ3) is 6.76. The van der Waals surface area contributed by atoms with E-state index in [-0.39, 0.29) is 17.8 Å². The summed E-state index contributed by atoms with van der Waals surface area (Å²) in [5, 5.41) is 2.85. The summed E-state index contributed by atoms with van der Waals surface area (Å²) < 4.78 is 9.98. The number of nitrogens with zero attached hydrogens (tertiary/aromatic N) is 1. The van der Waals surface area contributed by atoms with Crippen molar-refractivity contribution in [2.24, 2.45) is 5.92 Å². The molecule has 0 aliphatic carbocycles. The molecule has 0 radical (unpaired) electrons. The molecule has 0 aromatic carbocycles. The van der Waals surface area contributed by atoms with Gasteiger partial charge in [-0.05, 0) is 46.0 Å². The van der Waals surface area contributed by atoms with E-state index in [0.717, 1.165) is 6.42 Å². The molecule has 1 N–H and O–H groups in total. The van der Waals surface area contributed by atoms with Gasteiger partial charge >= 0.3 is 12.1 Å². The predicted octanol–water partition coefficient (Wildman–Crippen LogP) is 2.09. The second-order valence-corrected chi connectivity index (χ2v) is 7.30. The molecule has 0 bridgehead atoms. The Hall–Kier alpha value is -1.79. The van der Waals surface area contributed by atoms with E-state index < -0.39 is 17.7 Å². The van der Waals surface area contributed by atoms with Crippen LogP contribution < -0.4 is 5.32 Å². The van der Waals surface area contributed by atoms with Gasteiger partial charge in [0.05, 0.1) is 7.11 Å². The minimum Gasteiger partial charge on any atom is -0.469 e. The summed E-state index contributed by atoms with van der Waals surface area (Å²) >= 11 is 0. The molecule has 2 unspecified atom stereocenters. The molecule has 0 saturated carbocycles. The van der Waals surface area contributed by atoms with E-state index in [1.165, 1.54) is 12.0 Å². The van der Waals surface area contributed by atoms with E-state index >= 15 is 0 Å². The molecule has 0 aromatic heterocycles. The number of ether oxygens (including phenoxy) is 2. The zero-order valence-corrected chi connectivity index (χ0v) is 15.4. The summed E-state index contributed by atoms with van der Waals surface area (Å²) in [5.74, 6) is -0.285. The summed E-state index contributed by atoms with van der Waals surface area (Å²) in [6, 6.07) is -0.476. The van der Waals surface area contributed by atoms with E-state index in [1.807, 2.05) is 6.92 Å². The Kier molecular flexibility index (Phi) is 7.51. The Bertz CT molecular complexity index is 458. The molecular formula is C17H30N2O5. The molecular weight excluding hydrogens is 312 g/mol.